The number of anilines is 2. The van der Waals surface area contributed by atoms with Crippen molar-refractivity contribution < 1.29 is 18.4 Å². The number of nitrogens with one attached hydrogen (secondary N) is 2. The largest absolute Gasteiger partial charge is 0.473 e. The molecule has 1 aromatic carbocycles. The average molecular weight is 608 g/mol. The number of aromatic amines is 1. The molecule has 2 saturated heterocycles. The van der Waals surface area contributed by atoms with Crippen LogP contribution >= 0.6 is 11.6 Å². The number of ether oxygens (including phenoxy) is 2. The van der Waals surface area contributed by atoms with Gasteiger partial charge in [0.25, 0.3) is 0 Å². The molecule has 3 aromatic heterocycles. The zero-order chi connectivity index (χ0) is 29.3. The Balaban J connectivity index is 0.983. The molecular formula is C30H31ClFN7O4. The van der Waals surface area contributed by atoms with E-state index in [0.29, 0.717) is 33.9 Å². The standard InChI is InChI=1S/C30H31ClFN7O4/c31-20-5-4-19(22(32)12-20)17-42-28-3-1-2-23(35-28)18-6-9-38(10-7-18)16-27-34-25-14-33-24(29-36-30(40)43-37-29)13-26(25)39(27)15-21-8-11-41-21/h1-5,12-14,18,21,27,34H,6-11,15-17H2,(H,36,37,40)/t21-,27?/m0/s1. The first-order valence-corrected chi connectivity index (χ1v) is 14.8. The highest BCUT2D eigenvalue weighted by Gasteiger charge is 2.35. The number of fused-ring (bicyclic) bond motifs is 1. The zero-order valence-corrected chi connectivity index (χ0v) is 24.1. The summed E-state index contributed by atoms with van der Waals surface area (Å²) < 4.78 is 30.4. The molecule has 7 rings (SSSR count). The summed E-state index contributed by atoms with van der Waals surface area (Å²) in [5, 5.41) is 7.79. The van der Waals surface area contributed by atoms with Crippen LogP contribution in [0.2, 0.25) is 5.02 Å². The molecular weight excluding hydrogens is 577 g/mol. The van der Waals surface area contributed by atoms with E-state index in [-0.39, 0.29) is 18.9 Å². The van der Waals surface area contributed by atoms with Gasteiger partial charge < -0.3 is 19.7 Å². The van der Waals surface area contributed by atoms with E-state index in [4.69, 9.17) is 26.1 Å². The van der Waals surface area contributed by atoms with Crippen molar-refractivity contribution in [2.45, 2.75) is 44.1 Å². The van der Waals surface area contributed by atoms with Gasteiger partial charge in [0.1, 0.15) is 24.3 Å². The van der Waals surface area contributed by atoms with Crippen LogP contribution in [0, 0.1) is 5.82 Å². The molecule has 0 amide bonds. The second kappa shape index (κ2) is 11.9. The van der Waals surface area contributed by atoms with E-state index in [1.54, 1.807) is 24.4 Å². The van der Waals surface area contributed by atoms with Gasteiger partial charge in [-0.2, -0.15) is 0 Å². The van der Waals surface area contributed by atoms with E-state index in [9.17, 15) is 9.18 Å². The van der Waals surface area contributed by atoms with Gasteiger partial charge in [-0.15, -0.1) is 0 Å². The first-order valence-electron chi connectivity index (χ1n) is 14.5. The van der Waals surface area contributed by atoms with Crippen molar-refractivity contribution in [3.05, 3.63) is 81.3 Å². The Bertz CT molecular complexity index is 1650. The fourth-order valence-electron chi connectivity index (χ4n) is 5.89. The number of pyridine rings is 2. The summed E-state index contributed by atoms with van der Waals surface area (Å²) in [6.07, 6.45) is 4.98. The summed E-state index contributed by atoms with van der Waals surface area (Å²) in [6, 6.07) is 12.3. The minimum atomic E-state index is -0.612. The lowest BCUT2D eigenvalue weighted by molar-refractivity contribution is -0.0452. The third-order valence-corrected chi connectivity index (χ3v) is 8.57. The van der Waals surface area contributed by atoms with Crippen molar-refractivity contribution >= 4 is 23.0 Å². The number of piperidine rings is 1. The molecule has 224 valence electrons. The van der Waals surface area contributed by atoms with E-state index in [2.05, 4.69) is 34.8 Å². The van der Waals surface area contributed by atoms with Crippen molar-refractivity contribution in [2.24, 2.45) is 0 Å². The second-order valence-corrected chi connectivity index (χ2v) is 11.6. The third-order valence-electron chi connectivity index (χ3n) is 8.34. The SMILES string of the molecule is O=c1[nH]c(-c2cc3c(cn2)NC(CN2CCC(c4cccc(OCc5ccc(Cl)cc5F)n4)CC2)N3C[C@@H]2CCO2)no1. The van der Waals surface area contributed by atoms with E-state index < -0.39 is 11.6 Å². The quantitative estimate of drug-likeness (QED) is 0.283. The van der Waals surface area contributed by atoms with Gasteiger partial charge in [-0.1, -0.05) is 28.9 Å². The lowest BCUT2D eigenvalue weighted by atomic mass is 9.93. The van der Waals surface area contributed by atoms with Gasteiger partial charge in [0.15, 0.2) is 0 Å². The molecule has 43 heavy (non-hydrogen) atoms. The predicted molar refractivity (Wildman–Crippen MR) is 158 cm³/mol. The smallest absolute Gasteiger partial charge is 0.439 e. The summed E-state index contributed by atoms with van der Waals surface area (Å²) in [4.78, 5) is 28.1. The summed E-state index contributed by atoms with van der Waals surface area (Å²) in [7, 11) is 0. The van der Waals surface area contributed by atoms with Gasteiger partial charge in [0.05, 0.1) is 23.7 Å². The van der Waals surface area contributed by atoms with Gasteiger partial charge >= 0.3 is 5.76 Å². The van der Waals surface area contributed by atoms with Gasteiger partial charge in [0, 0.05) is 48.0 Å². The van der Waals surface area contributed by atoms with E-state index in [1.807, 2.05) is 18.2 Å². The highest BCUT2D eigenvalue weighted by atomic mass is 35.5. The number of likely N-dealkylation sites (tertiary alicyclic amines) is 1. The molecule has 0 bridgehead atoms. The molecule has 0 aliphatic carbocycles. The Morgan fingerprint density at radius 1 is 1.12 bits per heavy atom. The zero-order valence-electron chi connectivity index (χ0n) is 23.3. The average Bonchev–Trinajstić information content (AvgIpc) is 3.57. The molecule has 13 heteroatoms. The molecule has 6 heterocycles. The number of halogens is 2. The second-order valence-electron chi connectivity index (χ2n) is 11.1. The highest BCUT2D eigenvalue weighted by Crippen LogP contribution is 2.38. The van der Waals surface area contributed by atoms with Crippen LogP contribution in [0.3, 0.4) is 0 Å². The normalized spacial score (nSPS) is 20.5. The molecule has 3 aliphatic heterocycles. The Morgan fingerprint density at radius 3 is 2.72 bits per heavy atom. The lowest BCUT2D eigenvalue weighted by Gasteiger charge is -2.38. The van der Waals surface area contributed by atoms with Crippen LogP contribution in [0.5, 0.6) is 5.88 Å². The number of benzene rings is 1. The summed E-state index contributed by atoms with van der Waals surface area (Å²) in [6.45, 7) is 4.32. The fraction of sp³-hybridized carbons (Fsp3) is 0.400. The minimum Gasteiger partial charge on any atom is -0.473 e. The molecule has 0 radical (unpaired) electrons. The number of rotatable bonds is 9. The lowest BCUT2D eigenvalue weighted by Crippen LogP contribution is -2.51. The minimum absolute atomic E-state index is 0.0484. The third kappa shape index (κ3) is 6.08. The van der Waals surface area contributed by atoms with Crippen LogP contribution < -0.4 is 20.7 Å². The van der Waals surface area contributed by atoms with Crippen molar-refractivity contribution in [3.8, 4) is 17.4 Å². The van der Waals surface area contributed by atoms with Crippen LogP contribution in [-0.4, -0.2) is 70.1 Å². The monoisotopic (exact) mass is 607 g/mol. The van der Waals surface area contributed by atoms with E-state index >= 15 is 0 Å². The molecule has 0 spiro atoms. The van der Waals surface area contributed by atoms with E-state index in [0.717, 1.165) is 69.1 Å². The van der Waals surface area contributed by atoms with Crippen LogP contribution in [-0.2, 0) is 11.3 Å². The van der Waals surface area contributed by atoms with Crippen molar-refractivity contribution in [1.29, 1.82) is 0 Å². The van der Waals surface area contributed by atoms with Crippen molar-refractivity contribution in [1.82, 2.24) is 25.0 Å². The Hall–Kier alpha value is -4.00. The Morgan fingerprint density at radius 2 is 1.98 bits per heavy atom. The predicted octanol–water partition coefficient (Wildman–Crippen LogP) is 4.42. The van der Waals surface area contributed by atoms with Crippen LogP contribution in [0.4, 0.5) is 15.8 Å². The van der Waals surface area contributed by atoms with E-state index in [1.165, 1.54) is 6.07 Å². The number of hydrogen-bond acceptors (Lipinski definition) is 10. The van der Waals surface area contributed by atoms with Crippen molar-refractivity contribution in [3.63, 3.8) is 0 Å². The summed E-state index contributed by atoms with van der Waals surface area (Å²) in [5.41, 5.74) is 3.92. The topological polar surface area (TPSA) is 122 Å². The maximum absolute atomic E-state index is 14.2. The van der Waals surface area contributed by atoms with Crippen LogP contribution in [0.25, 0.3) is 11.5 Å². The molecule has 2 atom stereocenters. The highest BCUT2D eigenvalue weighted by molar-refractivity contribution is 6.30. The number of hydrogen-bond donors (Lipinski definition) is 2. The van der Waals surface area contributed by atoms with Gasteiger partial charge in [-0.25, -0.2) is 14.2 Å². The number of nitrogens with zero attached hydrogens (tertiary/aromatic N) is 5. The molecule has 2 fully saturated rings. The van der Waals surface area contributed by atoms with Crippen LogP contribution in [0.15, 0.2) is 58.0 Å². The molecule has 4 aromatic rings. The number of aromatic nitrogens is 4. The molecule has 2 N–H and O–H groups in total. The van der Waals surface area contributed by atoms with Gasteiger partial charge in [-0.3, -0.25) is 19.4 Å². The molecule has 0 saturated carbocycles. The Labute approximate surface area is 252 Å². The summed E-state index contributed by atoms with van der Waals surface area (Å²) >= 11 is 5.86. The van der Waals surface area contributed by atoms with Crippen molar-refractivity contribution in [2.75, 3.05) is 43.0 Å². The van der Waals surface area contributed by atoms with Crippen LogP contribution in [0.1, 0.15) is 36.4 Å². The molecule has 1 unspecified atom stereocenters. The van der Waals surface area contributed by atoms with Gasteiger partial charge in [0.2, 0.25) is 11.7 Å². The number of H-pyrrole nitrogens is 1. The van der Waals surface area contributed by atoms with Gasteiger partial charge in [-0.05, 0) is 56.6 Å². The summed E-state index contributed by atoms with van der Waals surface area (Å²) in [5.74, 6) is 0.102. The Kier molecular flexibility index (Phi) is 7.72. The maximum Gasteiger partial charge on any atom is 0.439 e. The fourth-order valence-corrected chi connectivity index (χ4v) is 6.05. The molecule has 3 aliphatic rings. The first kappa shape index (κ1) is 27.8. The first-order chi connectivity index (χ1) is 21.0. The maximum atomic E-state index is 14.2. The molecule has 11 nitrogen and oxygen atoms in total.